The van der Waals surface area contributed by atoms with Crippen LogP contribution in [-0.2, 0) is 12.8 Å². The van der Waals surface area contributed by atoms with Crippen molar-refractivity contribution in [2.45, 2.75) is 52.5 Å². The number of rotatable bonds is 4. The predicted molar refractivity (Wildman–Crippen MR) is 78.9 cm³/mol. The first-order valence-corrected chi connectivity index (χ1v) is 7.28. The van der Waals surface area contributed by atoms with Gasteiger partial charge in [0.15, 0.2) is 0 Å². The zero-order valence-electron chi connectivity index (χ0n) is 12.3. The molecule has 19 heavy (non-hydrogen) atoms. The quantitative estimate of drug-likeness (QED) is 0.890. The molecule has 0 aromatic heterocycles. The number of fused-ring (bicyclic) bond motifs is 1. The Morgan fingerprint density at radius 2 is 1.95 bits per heavy atom. The molecule has 1 aromatic rings. The molecule has 2 rings (SSSR count). The molecule has 0 aliphatic heterocycles. The SMILES string of the molecule is CC(NCC(C)(C)C#N)c1ccc2c(c1)CCCC2. The Morgan fingerprint density at radius 1 is 1.26 bits per heavy atom. The Labute approximate surface area is 116 Å². The standard InChI is InChI=1S/C17H24N2/c1-13(19-12-17(2,3)11-18)15-9-8-14-6-4-5-7-16(14)10-15/h8-10,13,19H,4-7,12H2,1-3H3. The van der Waals surface area contributed by atoms with E-state index in [4.69, 9.17) is 5.26 Å². The first kappa shape index (κ1) is 14.1. The summed E-state index contributed by atoms with van der Waals surface area (Å²) >= 11 is 0. The van der Waals surface area contributed by atoms with Gasteiger partial charge in [0.25, 0.3) is 0 Å². The Kier molecular flexibility index (Phi) is 4.27. The van der Waals surface area contributed by atoms with Crippen LogP contribution in [0.2, 0.25) is 0 Å². The molecule has 2 nitrogen and oxygen atoms in total. The first-order valence-electron chi connectivity index (χ1n) is 7.28. The van der Waals surface area contributed by atoms with Gasteiger partial charge in [-0.1, -0.05) is 18.2 Å². The van der Waals surface area contributed by atoms with Gasteiger partial charge in [-0.25, -0.2) is 0 Å². The van der Waals surface area contributed by atoms with E-state index >= 15 is 0 Å². The molecular weight excluding hydrogens is 232 g/mol. The number of nitrogens with zero attached hydrogens (tertiary/aromatic N) is 1. The van der Waals surface area contributed by atoms with Crippen LogP contribution in [0.1, 0.15) is 56.3 Å². The third-order valence-corrected chi connectivity index (χ3v) is 4.03. The maximum atomic E-state index is 9.05. The van der Waals surface area contributed by atoms with Gasteiger partial charge in [-0.2, -0.15) is 5.26 Å². The van der Waals surface area contributed by atoms with Crippen molar-refractivity contribution in [3.63, 3.8) is 0 Å². The van der Waals surface area contributed by atoms with Crippen molar-refractivity contribution in [1.29, 1.82) is 5.26 Å². The van der Waals surface area contributed by atoms with Crippen molar-refractivity contribution in [3.05, 3.63) is 34.9 Å². The largest absolute Gasteiger partial charge is 0.309 e. The van der Waals surface area contributed by atoms with E-state index in [9.17, 15) is 0 Å². The van der Waals surface area contributed by atoms with Crippen LogP contribution in [0, 0.1) is 16.7 Å². The zero-order valence-corrected chi connectivity index (χ0v) is 12.3. The van der Waals surface area contributed by atoms with Gasteiger partial charge in [0.2, 0.25) is 0 Å². The average Bonchev–Trinajstić information content (AvgIpc) is 2.44. The highest BCUT2D eigenvalue weighted by Crippen LogP contribution is 2.25. The lowest BCUT2D eigenvalue weighted by atomic mass is 9.89. The zero-order chi connectivity index (χ0) is 13.9. The summed E-state index contributed by atoms with van der Waals surface area (Å²) in [6.45, 7) is 6.85. The molecule has 0 spiro atoms. The molecule has 2 heteroatoms. The van der Waals surface area contributed by atoms with Gasteiger partial charge in [-0.05, 0) is 63.1 Å². The molecule has 1 aliphatic rings. The number of hydrogen-bond donors (Lipinski definition) is 1. The van der Waals surface area contributed by atoms with Crippen molar-refractivity contribution < 1.29 is 0 Å². The molecular formula is C17H24N2. The third-order valence-electron chi connectivity index (χ3n) is 4.03. The lowest BCUT2D eigenvalue weighted by Crippen LogP contribution is -2.30. The van der Waals surface area contributed by atoms with Crippen LogP contribution in [0.15, 0.2) is 18.2 Å². The Hall–Kier alpha value is -1.33. The van der Waals surface area contributed by atoms with E-state index in [1.165, 1.54) is 42.4 Å². The molecule has 1 unspecified atom stereocenters. The van der Waals surface area contributed by atoms with Gasteiger partial charge in [-0.3, -0.25) is 0 Å². The van der Waals surface area contributed by atoms with Crippen molar-refractivity contribution in [2.24, 2.45) is 5.41 Å². The monoisotopic (exact) mass is 256 g/mol. The average molecular weight is 256 g/mol. The van der Waals surface area contributed by atoms with E-state index in [2.05, 4.69) is 36.5 Å². The minimum atomic E-state index is -0.303. The molecule has 1 aliphatic carbocycles. The van der Waals surface area contributed by atoms with Crippen molar-refractivity contribution in [1.82, 2.24) is 5.32 Å². The lowest BCUT2D eigenvalue weighted by Gasteiger charge is -2.23. The van der Waals surface area contributed by atoms with Crippen LogP contribution in [0.3, 0.4) is 0 Å². The fourth-order valence-electron chi connectivity index (χ4n) is 2.59. The maximum absolute atomic E-state index is 9.05. The molecule has 1 aromatic carbocycles. The summed E-state index contributed by atoms with van der Waals surface area (Å²) in [7, 11) is 0. The van der Waals surface area contributed by atoms with Gasteiger partial charge >= 0.3 is 0 Å². The molecule has 0 heterocycles. The second kappa shape index (κ2) is 5.75. The molecule has 0 saturated heterocycles. The summed E-state index contributed by atoms with van der Waals surface area (Å²) in [6.07, 6.45) is 5.11. The molecule has 0 amide bonds. The van der Waals surface area contributed by atoms with E-state index in [0.717, 1.165) is 6.54 Å². The number of aryl methyl sites for hydroxylation is 2. The highest BCUT2D eigenvalue weighted by Gasteiger charge is 2.18. The van der Waals surface area contributed by atoms with E-state index in [-0.39, 0.29) is 5.41 Å². The van der Waals surface area contributed by atoms with Gasteiger partial charge < -0.3 is 5.32 Å². The highest BCUT2D eigenvalue weighted by molar-refractivity contribution is 5.35. The number of nitrogens with one attached hydrogen (secondary N) is 1. The van der Waals surface area contributed by atoms with E-state index in [1.54, 1.807) is 0 Å². The maximum Gasteiger partial charge on any atom is 0.0697 e. The van der Waals surface area contributed by atoms with Crippen LogP contribution >= 0.6 is 0 Å². The van der Waals surface area contributed by atoms with Gasteiger partial charge in [-0.15, -0.1) is 0 Å². The summed E-state index contributed by atoms with van der Waals surface area (Å²) in [6, 6.07) is 9.52. The fraction of sp³-hybridized carbons (Fsp3) is 0.588. The molecule has 0 fully saturated rings. The summed E-state index contributed by atoms with van der Waals surface area (Å²) < 4.78 is 0. The summed E-state index contributed by atoms with van der Waals surface area (Å²) in [5.74, 6) is 0. The van der Waals surface area contributed by atoms with Gasteiger partial charge in [0, 0.05) is 12.6 Å². The minimum Gasteiger partial charge on any atom is -0.309 e. The fourth-order valence-corrected chi connectivity index (χ4v) is 2.59. The van der Waals surface area contributed by atoms with Crippen molar-refractivity contribution in [3.8, 4) is 6.07 Å². The smallest absolute Gasteiger partial charge is 0.0697 e. The Bertz CT molecular complexity index is 483. The van der Waals surface area contributed by atoms with Gasteiger partial charge in [0.1, 0.15) is 0 Å². The van der Waals surface area contributed by atoms with E-state index in [0.29, 0.717) is 6.04 Å². The molecule has 0 radical (unpaired) electrons. The molecule has 1 N–H and O–H groups in total. The number of hydrogen-bond acceptors (Lipinski definition) is 2. The molecule has 1 atom stereocenters. The normalized spacial score (nSPS) is 16.5. The topological polar surface area (TPSA) is 35.8 Å². The van der Waals surface area contributed by atoms with Crippen LogP contribution in [-0.4, -0.2) is 6.54 Å². The Morgan fingerprint density at radius 3 is 2.63 bits per heavy atom. The number of nitriles is 1. The van der Waals surface area contributed by atoms with Crippen molar-refractivity contribution in [2.75, 3.05) is 6.54 Å². The molecule has 0 saturated carbocycles. The summed E-state index contributed by atoms with van der Waals surface area (Å²) in [4.78, 5) is 0. The van der Waals surface area contributed by atoms with Crippen LogP contribution in [0.4, 0.5) is 0 Å². The second-order valence-corrected chi connectivity index (χ2v) is 6.33. The molecule has 102 valence electrons. The summed E-state index contributed by atoms with van der Waals surface area (Å²) in [5.41, 5.74) is 4.09. The lowest BCUT2D eigenvalue weighted by molar-refractivity contribution is 0.415. The minimum absolute atomic E-state index is 0.303. The van der Waals surface area contributed by atoms with Crippen molar-refractivity contribution >= 4 is 0 Å². The van der Waals surface area contributed by atoms with Crippen LogP contribution < -0.4 is 5.32 Å². The van der Waals surface area contributed by atoms with Crippen LogP contribution in [0.5, 0.6) is 0 Å². The number of benzene rings is 1. The summed E-state index contributed by atoms with van der Waals surface area (Å²) in [5, 5.41) is 12.5. The van der Waals surface area contributed by atoms with E-state index in [1.807, 2.05) is 13.8 Å². The Balaban J connectivity index is 2.03. The highest BCUT2D eigenvalue weighted by atomic mass is 14.9. The van der Waals surface area contributed by atoms with Gasteiger partial charge in [0.05, 0.1) is 11.5 Å². The second-order valence-electron chi connectivity index (χ2n) is 6.33. The first-order chi connectivity index (χ1) is 9.02. The van der Waals surface area contributed by atoms with Crippen LogP contribution in [0.25, 0.3) is 0 Å². The third kappa shape index (κ3) is 3.58. The van der Waals surface area contributed by atoms with E-state index < -0.39 is 0 Å². The predicted octanol–water partition coefficient (Wildman–Crippen LogP) is 3.77. The molecule has 0 bridgehead atoms.